The Bertz CT molecular complexity index is 1140. The molecule has 0 aliphatic heterocycles. The van der Waals surface area contributed by atoms with Crippen LogP contribution in [0.3, 0.4) is 0 Å². The number of ether oxygens (including phenoxy) is 2. The van der Waals surface area contributed by atoms with Gasteiger partial charge in [-0.1, -0.05) is 18.5 Å². The number of carbonyl (C=O) groups is 2. The summed E-state index contributed by atoms with van der Waals surface area (Å²) in [5.74, 6) is 0.0607. The van der Waals surface area contributed by atoms with Crippen LogP contribution in [0, 0.1) is 13.8 Å². The molecule has 1 amide bonds. The van der Waals surface area contributed by atoms with Crippen LogP contribution in [0.25, 0.3) is 5.69 Å². The topological polar surface area (TPSA) is 82.5 Å². The van der Waals surface area contributed by atoms with Crippen molar-refractivity contribution in [3.63, 3.8) is 0 Å². The van der Waals surface area contributed by atoms with Gasteiger partial charge in [0.15, 0.2) is 0 Å². The number of benzene rings is 2. The Kier molecular flexibility index (Phi) is 8.11. The van der Waals surface area contributed by atoms with Crippen LogP contribution in [0.2, 0.25) is 5.02 Å². The quantitative estimate of drug-likeness (QED) is 0.430. The zero-order valence-electron chi connectivity index (χ0n) is 19.3. The molecule has 0 unspecified atom stereocenters. The van der Waals surface area contributed by atoms with E-state index in [9.17, 15) is 9.59 Å². The Morgan fingerprint density at radius 1 is 1.12 bits per heavy atom. The fourth-order valence-corrected chi connectivity index (χ4v) is 3.68. The smallest absolute Gasteiger partial charge is 0.305 e. The van der Waals surface area contributed by atoms with Crippen LogP contribution in [-0.4, -0.2) is 35.4 Å². The lowest BCUT2D eigenvalue weighted by molar-refractivity contribution is -0.140. The van der Waals surface area contributed by atoms with Crippen molar-refractivity contribution >= 4 is 29.2 Å². The van der Waals surface area contributed by atoms with Crippen molar-refractivity contribution in [2.45, 2.75) is 40.0 Å². The van der Waals surface area contributed by atoms with Gasteiger partial charge in [0.2, 0.25) is 0 Å². The minimum absolute atomic E-state index is 0.250. The summed E-state index contributed by atoms with van der Waals surface area (Å²) in [5, 5.41) is 8.00. The fourth-order valence-electron chi connectivity index (χ4n) is 3.50. The van der Waals surface area contributed by atoms with Gasteiger partial charge in [0.25, 0.3) is 5.91 Å². The second kappa shape index (κ2) is 11.0. The number of esters is 1. The zero-order chi connectivity index (χ0) is 24.0. The summed E-state index contributed by atoms with van der Waals surface area (Å²) in [6.07, 6.45) is 1.72. The summed E-state index contributed by atoms with van der Waals surface area (Å²) in [4.78, 5) is 24.3. The first-order valence-corrected chi connectivity index (χ1v) is 11.2. The summed E-state index contributed by atoms with van der Waals surface area (Å²) in [6.45, 7) is 6.44. The van der Waals surface area contributed by atoms with Crippen LogP contribution >= 0.6 is 11.6 Å². The van der Waals surface area contributed by atoms with Gasteiger partial charge in [-0.05, 0) is 74.7 Å². The lowest BCUT2D eigenvalue weighted by atomic mass is 10.1. The number of aromatic nitrogens is 2. The first-order valence-electron chi connectivity index (χ1n) is 10.8. The average molecular weight is 470 g/mol. The van der Waals surface area contributed by atoms with Crippen molar-refractivity contribution in [3.8, 4) is 11.4 Å². The van der Waals surface area contributed by atoms with E-state index >= 15 is 0 Å². The Hall–Kier alpha value is -3.32. The summed E-state index contributed by atoms with van der Waals surface area (Å²) in [7, 11) is 1.38. The van der Waals surface area contributed by atoms with Crippen LogP contribution in [-0.2, 0) is 16.0 Å². The number of carbonyl (C=O) groups excluding carboxylic acids is 2. The van der Waals surface area contributed by atoms with Crippen molar-refractivity contribution in [1.29, 1.82) is 0 Å². The highest BCUT2D eigenvalue weighted by atomic mass is 35.5. The number of hydrogen-bond donors (Lipinski definition) is 1. The molecule has 2 aromatic carbocycles. The minimum atomic E-state index is -0.266. The number of anilines is 1. The van der Waals surface area contributed by atoms with Gasteiger partial charge in [-0.15, -0.1) is 0 Å². The molecule has 0 saturated carbocycles. The Labute approximate surface area is 198 Å². The molecule has 0 saturated heterocycles. The Balaban J connectivity index is 1.77. The molecule has 7 nitrogen and oxygen atoms in total. The van der Waals surface area contributed by atoms with E-state index < -0.39 is 0 Å². The maximum absolute atomic E-state index is 12.8. The minimum Gasteiger partial charge on any atom is -0.491 e. The van der Waals surface area contributed by atoms with Crippen LogP contribution in [0.1, 0.15) is 47.1 Å². The molecule has 0 spiro atoms. The summed E-state index contributed by atoms with van der Waals surface area (Å²) in [6, 6.07) is 12.3. The second-order valence-electron chi connectivity index (χ2n) is 7.63. The molecule has 3 rings (SSSR count). The van der Waals surface area contributed by atoms with Gasteiger partial charge in [-0.2, -0.15) is 5.10 Å². The van der Waals surface area contributed by atoms with Crippen LogP contribution in [0.5, 0.6) is 5.75 Å². The molecule has 3 aromatic rings. The molecule has 8 heteroatoms. The monoisotopic (exact) mass is 469 g/mol. The van der Waals surface area contributed by atoms with Gasteiger partial charge >= 0.3 is 5.97 Å². The zero-order valence-corrected chi connectivity index (χ0v) is 20.0. The highest BCUT2D eigenvalue weighted by Gasteiger charge is 2.16. The van der Waals surface area contributed by atoms with Crippen molar-refractivity contribution in [2.24, 2.45) is 0 Å². The highest BCUT2D eigenvalue weighted by Crippen LogP contribution is 2.29. The first-order chi connectivity index (χ1) is 15.8. The van der Waals surface area contributed by atoms with E-state index in [0.29, 0.717) is 41.5 Å². The summed E-state index contributed by atoms with van der Waals surface area (Å²) >= 11 is 6.10. The number of hydrogen-bond acceptors (Lipinski definition) is 5. The van der Waals surface area contributed by atoms with E-state index in [4.69, 9.17) is 21.1 Å². The molecule has 174 valence electrons. The molecule has 0 radical (unpaired) electrons. The van der Waals surface area contributed by atoms with E-state index in [1.807, 2.05) is 37.6 Å². The third kappa shape index (κ3) is 5.93. The van der Waals surface area contributed by atoms with Crippen LogP contribution in [0.4, 0.5) is 5.69 Å². The predicted octanol–water partition coefficient (Wildman–Crippen LogP) is 5.29. The molecule has 1 aromatic heterocycles. The molecule has 0 atom stereocenters. The molecular formula is C25H28ClN3O4. The number of nitrogens with zero attached hydrogens (tertiary/aromatic N) is 2. The average Bonchev–Trinajstić information content (AvgIpc) is 3.10. The van der Waals surface area contributed by atoms with Crippen molar-refractivity contribution in [3.05, 3.63) is 70.0 Å². The normalized spacial score (nSPS) is 10.7. The molecule has 0 fully saturated rings. The Morgan fingerprint density at radius 2 is 1.85 bits per heavy atom. The SMILES string of the molecule is CCCOc1ccc(Cl)cc1NC(=O)c1ccc(-n2nc(C)c(CCC(=O)OC)c2C)cc1. The van der Waals surface area contributed by atoms with Gasteiger partial charge in [-0.25, -0.2) is 4.68 Å². The third-order valence-corrected chi connectivity index (χ3v) is 5.51. The van der Waals surface area contributed by atoms with Crippen LogP contribution in [0.15, 0.2) is 42.5 Å². The molecular weight excluding hydrogens is 442 g/mol. The van der Waals surface area contributed by atoms with Crippen molar-refractivity contribution in [2.75, 3.05) is 19.0 Å². The van der Waals surface area contributed by atoms with Gasteiger partial charge in [0, 0.05) is 22.7 Å². The van der Waals surface area contributed by atoms with Crippen LogP contribution < -0.4 is 10.1 Å². The third-order valence-electron chi connectivity index (χ3n) is 5.27. The molecule has 33 heavy (non-hydrogen) atoms. The number of aryl methyl sites for hydroxylation is 1. The van der Waals surface area contributed by atoms with Crippen molar-refractivity contribution < 1.29 is 19.1 Å². The second-order valence-corrected chi connectivity index (χ2v) is 8.06. The van der Waals surface area contributed by atoms with E-state index in [1.54, 1.807) is 30.3 Å². The van der Waals surface area contributed by atoms with E-state index in [1.165, 1.54) is 7.11 Å². The summed E-state index contributed by atoms with van der Waals surface area (Å²) in [5.41, 5.74) is 4.67. The maximum atomic E-state index is 12.8. The van der Waals surface area contributed by atoms with Gasteiger partial charge in [0.05, 0.1) is 30.8 Å². The molecule has 0 bridgehead atoms. The number of nitrogens with one attached hydrogen (secondary N) is 1. The molecule has 1 heterocycles. The number of methoxy groups -OCH3 is 1. The van der Waals surface area contributed by atoms with E-state index in [0.717, 1.165) is 29.1 Å². The maximum Gasteiger partial charge on any atom is 0.305 e. The lowest BCUT2D eigenvalue weighted by Gasteiger charge is -2.13. The fraction of sp³-hybridized carbons (Fsp3) is 0.320. The van der Waals surface area contributed by atoms with Gasteiger partial charge in [-0.3, -0.25) is 9.59 Å². The predicted molar refractivity (Wildman–Crippen MR) is 129 cm³/mol. The number of rotatable bonds is 9. The van der Waals surface area contributed by atoms with Gasteiger partial charge < -0.3 is 14.8 Å². The molecule has 1 N–H and O–H groups in total. The highest BCUT2D eigenvalue weighted by molar-refractivity contribution is 6.31. The lowest BCUT2D eigenvalue weighted by Crippen LogP contribution is -2.13. The number of amides is 1. The van der Waals surface area contributed by atoms with Crippen molar-refractivity contribution in [1.82, 2.24) is 9.78 Å². The standard InChI is InChI=1S/C25H28ClN3O4/c1-5-14-33-23-12-8-19(26)15-22(23)27-25(31)18-6-9-20(10-7-18)29-17(3)21(16(2)28-29)11-13-24(30)32-4/h6-10,12,15H,5,11,13-14H2,1-4H3,(H,27,31). The first kappa shape index (κ1) is 24.3. The molecule has 0 aliphatic carbocycles. The van der Waals surface area contributed by atoms with E-state index in [2.05, 4.69) is 10.4 Å². The Morgan fingerprint density at radius 3 is 2.52 bits per heavy atom. The van der Waals surface area contributed by atoms with E-state index in [-0.39, 0.29) is 11.9 Å². The summed E-state index contributed by atoms with van der Waals surface area (Å²) < 4.78 is 12.3. The molecule has 0 aliphatic rings. The largest absolute Gasteiger partial charge is 0.491 e. The number of halogens is 1. The van der Waals surface area contributed by atoms with Gasteiger partial charge in [0.1, 0.15) is 5.75 Å².